The lowest BCUT2D eigenvalue weighted by atomic mass is 10.0. The summed E-state index contributed by atoms with van der Waals surface area (Å²) in [5.74, 6) is -0.349. The number of carbonyl (C=O) groups excluding carboxylic acids is 2. The van der Waals surface area contributed by atoms with Gasteiger partial charge in [-0.2, -0.15) is 4.31 Å². The van der Waals surface area contributed by atoms with Gasteiger partial charge in [0.25, 0.3) is 0 Å². The van der Waals surface area contributed by atoms with Gasteiger partial charge in [0, 0.05) is 44.4 Å². The summed E-state index contributed by atoms with van der Waals surface area (Å²) in [5, 5.41) is 0.569. The number of amides is 2. The number of rotatable bonds is 11. The zero-order chi connectivity index (χ0) is 27.0. The van der Waals surface area contributed by atoms with Gasteiger partial charge in [-0.05, 0) is 56.0 Å². The fourth-order valence-corrected chi connectivity index (χ4v) is 6.22. The highest BCUT2D eigenvalue weighted by atomic mass is 35.5. The van der Waals surface area contributed by atoms with Gasteiger partial charge in [-0.3, -0.25) is 9.59 Å². The Morgan fingerprint density at radius 1 is 1.11 bits per heavy atom. The second-order valence-corrected chi connectivity index (χ2v) is 11.7. The Morgan fingerprint density at radius 3 is 2.38 bits per heavy atom. The van der Waals surface area contributed by atoms with Gasteiger partial charge >= 0.3 is 0 Å². The van der Waals surface area contributed by atoms with Crippen LogP contribution in [0, 0.1) is 6.92 Å². The van der Waals surface area contributed by atoms with Crippen molar-refractivity contribution in [2.45, 2.75) is 50.6 Å². The maximum atomic E-state index is 13.8. The summed E-state index contributed by atoms with van der Waals surface area (Å²) >= 11 is 6.19. The molecule has 3 rings (SSSR count). The lowest BCUT2D eigenvalue weighted by Gasteiger charge is -2.39. The van der Waals surface area contributed by atoms with E-state index in [1.807, 2.05) is 32.0 Å². The summed E-state index contributed by atoms with van der Waals surface area (Å²) in [6.07, 6.45) is 1.77. The minimum Gasteiger partial charge on any atom is -0.375 e. The monoisotopic (exact) mass is 549 g/mol. The number of aryl methyl sites for hydroxylation is 1. The van der Waals surface area contributed by atoms with Crippen LogP contribution < -0.4 is 0 Å². The summed E-state index contributed by atoms with van der Waals surface area (Å²) < 4.78 is 33.1. The van der Waals surface area contributed by atoms with Gasteiger partial charge in [-0.15, -0.1) is 0 Å². The largest absolute Gasteiger partial charge is 0.375 e. The molecule has 1 fully saturated rings. The molecule has 0 bridgehead atoms. The van der Waals surface area contributed by atoms with Gasteiger partial charge in [0.15, 0.2) is 0 Å². The highest BCUT2D eigenvalue weighted by molar-refractivity contribution is 7.89. The second kappa shape index (κ2) is 13.4. The third-order valence-electron chi connectivity index (χ3n) is 6.53. The van der Waals surface area contributed by atoms with Crippen LogP contribution in [0.3, 0.4) is 0 Å². The van der Waals surface area contributed by atoms with E-state index in [2.05, 4.69) is 0 Å². The highest BCUT2D eigenvalue weighted by Gasteiger charge is 2.33. The topological polar surface area (TPSA) is 87.2 Å². The average Bonchev–Trinajstić information content (AvgIpc) is 2.87. The number of ether oxygens (including phenoxy) is 1. The van der Waals surface area contributed by atoms with Crippen LogP contribution in [0.2, 0.25) is 5.02 Å². The van der Waals surface area contributed by atoms with Gasteiger partial charge in [-0.1, -0.05) is 48.4 Å². The molecule has 1 aliphatic rings. The lowest BCUT2D eigenvalue weighted by Crippen LogP contribution is -2.51. The average molecular weight is 550 g/mol. The normalized spacial score (nSPS) is 14.7. The highest BCUT2D eigenvalue weighted by Crippen LogP contribution is 2.23. The number of nitrogens with zero attached hydrogens (tertiary/aromatic N) is 3. The number of halogens is 1. The van der Waals surface area contributed by atoms with Crippen LogP contribution in [0.15, 0.2) is 53.4 Å². The van der Waals surface area contributed by atoms with E-state index in [4.69, 9.17) is 16.3 Å². The van der Waals surface area contributed by atoms with Crippen LogP contribution in [0.4, 0.5) is 0 Å². The SMILES string of the molecule is CCCN(CC(=O)N(Cc1cccc(Cl)c1)C1CCN(C(=O)COC)CC1)S(=O)(=O)c1ccc(C)cc1. The van der Waals surface area contributed by atoms with E-state index in [-0.39, 0.29) is 42.4 Å². The number of benzene rings is 2. The minimum absolute atomic E-state index is 0.0265. The summed E-state index contributed by atoms with van der Waals surface area (Å²) in [6.45, 7) is 5.10. The number of sulfonamides is 1. The van der Waals surface area contributed by atoms with Crippen LogP contribution >= 0.6 is 11.6 Å². The van der Waals surface area contributed by atoms with E-state index in [9.17, 15) is 18.0 Å². The molecule has 37 heavy (non-hydrogen) atoms. The zero-order valence-corrected chi connectivity index (χ0v) is 23.3. The molecule has 0 saturated carbocycles. The van der Waals surface area contributed by atoms with Crippen LogP contribution in [-0.2, 0) is 30.9 Å². The smallest absolute Gasteiger partial charge is 0.248 e. The Labute approximate surface area is 225 Å². The molecule has 1 saturated heterocycles. The summed E-state index contributed by atoms with van der Waals surface area (Å²) in [5.41, 5.74) is 1.82. The van der Waals surface area contributed by atoms with Crippen LogP contribution in [0.25, 0.3) is 0 Å². The fraction of sp³-hybridized carbons (Fsp3) is 0.481. The van der Waals surface area contributed by atoms with E-state index in [1.54, 1.807) is 40.1 Å². The zero-order valence-electron chi connectivity index (χ0n) is 21.7. The number of hydrogen-bond donors (Lipinski definition) is 0. The number of hydrogen-bond acceptors (Lipinski definition) is 5. The first kappa shape index (κ1) is 29.1. The maximum absolute atomic E-state index is 13.8. The first-order chi connectivity index (χ1) is 17.6. The van der Waals surface area contributed by atoms with E-state index >= 15 is 0 Å². The van der Waals surface area contributed by atoms with Crippen molar-refractivity contribution < 1.29 is 22.7 Å². The minimum atomic E-state index is -3.85. The van der Waals surface area contributed by atoms with E-state index in [0.29, 0.717) is 43.9 Å². The van der Waals surface area contributed by atoms with Crippen LogP contribution in [0.5, 0.6) is 0 Å². The van der Waals surface area contributed by atoms with Crippen molar-refractivity contribution in [2.24, 2.45) is 0 Å². The Hall–Kier alpha value is -2.46. The van der Waals surface area contributed by atoms with Crippen molar-refractivity contribution in [1.29, 1.82) is 0 Å². The van der Waals surface area contributed by atoms with Crippen molar-refractivity contribution in [1.82, 2.24) is 14.1 Å². The molecule has 0 radical (unpaired) electrons. The number of likely N-dealkylation sites (tertiary alicyclic amines) is 1. The quantitative estimate of drug-likeness (QED) is 0.426. The van der Waals surface area contributed by atoms with Crippen LogP contribution in [0.1, 0.15) is 37.3 Å². The molecule has 2 amide bonds. The molecule has 0 unspecified atom stereocenters. The van der Waals surface area contributed by atoms with Crippen molar-refractivity contribution in [3.05, 3.63) is 64.7 Å². The third kappa shape index (κ3) is 7.77. The molecule has 1 aliphatic heterocycles. The summed E-state index contributed by atoms with van der Waals surface area (Å²) in [6, 6.07) is 13.8. The van der Waals surface area contributed by atoms with Gasteiger partial charge in [0.1, 0.15) is 6.61 Å². The molecule has 0 spiro atoms. The molecule has 2 aromatic carbocycles. The number of methoxy groups -OCH3 is 1. The molecule has 0 aliphatic carbocycles. The van der Waals surface area contributed by atoms with Crippen molar-refractivity contribution in [2.75, 3.05) is 39.9 Å². The molecular weight excluding hydrogens is 514 g/mol. The Bertz CT molecular complexity index is 1160. The number of carbonyl (C=O) groups is 2. The molecular formula is C27H36ClN3O5S. The van der Waals surface area contributed by atoms with Crippen molar-refractivity contribution >= 4 is 33.4 Å². The second-order valence-electron chi connectivity index (χ2n) is 9.35. The molecule has 8 nitrogen and oxygen atoms in total. The third-order valence-corrected chi connectivity index (χ3v) is 8.63. The Balaban J connectivity index is 1.83. The fourth-order valence-electron chi connectivity index (χ4n) is 4.53. The van der Waals surface area contributed by atoms with Crippen molar-refractivity contribution in [3.63, 3.8) is 0 Å². The van der Waals surface area contributed by atoms with Gasteiger partial charge < -0.3 is 14.5 Å². The maximum Gasteiger partial charge on any atom is 0.248 e. The van der Waals surface area contributed by atoms with Gasteiger partial charge in [0.2, 0.25) is 21.8 Å². The Morgan fingerprint density at radius 2 is 1.78 bits per heavy atom. The molecule has 10 heteroatoms. The van der Waals surface area contributed by atoms with Gasteiger partial charge in [0.05, 0.1) is 11.4 Å². The van der Waals surface area contributed by atoms with E-state index in [1.165, 1.54) is 11.4 Å². The van der Waals surface area contributed by atoms with Crippen LogP contribution in [-0.4, -0.2) is 80.3 Å². The molecule has 2 aromatic rings. The summed E-state index contributed by atoms with van der Waals surface area (Å²) in [4.78, 5) is 29.7. The molecule has 0 atom stereocenters. The standard InChI is InChI=1S/C27H36ClN3O5S/c1-4-14-30(37(34,35)25-10-8-21(2)9-11-25)19-26(32)31(18-22-6-5-7-23(28)17-22)24-12-15-29(16-13-24)27(33)20-36-3/h5-11,17,24H,4,12-16,18-20H2,1-3H3. The molecule has 1 heterocycles. The predicted octanol–water partition coefficient (Wildman–Crippen LogP) is 3.72. The summed E-state index contributed by atoms with van der Waals surface area (Å²) in [7, 11) is -2.36. The first-order valence-electron chi connectivity index (χ1n) is 12.5. The number of piperidine rings is 1. The molecule has 0 aromatic heterocycles. The molecule has 202 valence electrons. The lowest BCUT2D eigenvalue weighted by molar-refractivity contribution is -0.139. The van der Waals surface area contributed by atoms with Crippen molar-refractivity contribution in [3.8, 4) is 0 Å². The van der Waals surface area contributed by atoms with Gasteiger partial charge in [-0.25, -0.2) is 8.42 Å². The van der Waals surface area contributed by atoms with E-state index in [0.717, 1.165) is 11.1 Å². The Kier molecular flexibility index (Phi) is 10.5. The molecule has 0 N–H and O–H groups in total. The predicted molar refractivity (Wildman–Crippen MR) is 144 cm³/mol. The van der Waals surface area contributed by atoms with E-state index < -0.39 is 10.0 Å². The first-order valence-corrected chi connectivity index (χ1v) is 14.3.